The molecular formula is C16H17NO4S. The molecule has 1 aromatic heterocycles. The van der Waals surface area contributed by atoms with Crippen molar-refractivity contribution in [1.82, 2.24) is 5.16 Å². The van der Waals surface area contributed by atoms with Crippen molar-refractivity contribution < 1.29 is 19.2 Å². The number of thioether (sulfide) groups is 1. The summed E-state index contributed by atoms with van der Waals surface area (Å²) in [6, 6.07) is 7.46. The van der Waals surface area contributed by atoms with Crippen LogP contribution in [0.4, 0.5) is 0 Å². The number of aromatic nitrogens is 1. The lowest BCUT2D eigenvalue weighted by Gasteiger charge is -2.22. The van der Waals surface area contributed by atoms with Crippen LogP contribution < -0.4 is 4.74 Å². The topological polar surface area (TPSA) is 72.6 Å². The SMILES string of the molecule is COc1ccc(C2CCSCC2)cc1-c1cc(C(=O)O)no1. The first-order valence-electron chi connectivity index (χ1n) is 7.15. The summed E-state index contributed by atoms with van der Waals surface area (Å²) in [7, 11) is 1.59. The molecule has 0 radical (unpaired) electrons. The van der Waals surface area contributed by atoms with Gasteiger partial charge in [-0.15, -0.1) is 0 Å². The van der Waals surface area contributed by atoms with Gasteiger partial charge in [-0.25, -0.2) is 4.79 Å². The van der Waals surface area contributed by atoms with E-state index in [0.29, 0.717) is 17.4 Å². The molecule has 1 aromatic carbocycles. The molecule has 22 heavy (non-hydrogen) atoms. The Bertz CT molecular complexity index is 677. The van der Waals surface area contributed by atoms with Crippen LogP contribution in [0.1, 0.15) is 34.8 Å². The number of carboxylic acids is 1. The molecule has 1 saturated heterocycles. The van der Waals surface area contributed by atoms with Crippen molar-refractivity contribution in [2.45, 2.75) is 18.8 Å². The normalized spacial score (nSPS) is 15.7. The Hall–Kier alpha value is -1.95. The van der Waals surface area contributed by atoms with Gasteiger partial charge < -0.3 is 14.4 Å². The molecule has 0 atom stereocenters. The average molecular weight is 319 g/mol. The van der Waals surface area contributed by atoms with Crippen molar-refractivity contribution in [3.05, 3.63) is 35.5 Å². The Morgan fingerprint density at radius 2 is 2.14 bits per heavy atom. The van der Waals surface area contributed by atoms with Crippen molar-refractivity contribution in [1.29, 1.82) is 0 Å². The van der Waals surface area contributed by atoms with E-state index >= 15 is 0 Å². The number of aromatic carboxylic acids is 1. The van der Waals surface area contributed by atoms with Crippen LogP contribution in [0.5, 0.6) is 5.75 Å². The van der Waals surface area contributed by atoms with Gasteiger partial charge in [0.05, 0.1) is 12.7 Å². The Labute approximate surface area is 132 Å². The Kier molecular flexibility index (Phi) is 4.38. The first-order chi connectivity index (χ1) is 10.7. The third-order valence-electron chi connectivity index (χ3n) is 3.91. The van der Waals surface area contributed by atoms with Gasteiger partial charge in [0.2, 0.25) is 0 Å². The number of hydrogen-bond acceptors (Lipinski definition) is 5. The second-order valence-electron chi connectivity index (χ2n) is 5.23. The summed E-state index contributed by atoms with van der Waals surface area (Å²) in [5.41, 5.74) is 1.89. The fraction of sp³-hybridized carbons (Fsp3) is 0.375. The number of nitrogens with zero attached hydrogens (tertiary/aromatic N) is 1. The van der Waals surface area contributed by atoms with Gasteiger partial charge in [-0.3, -0.25) is 0 Å². The zero-order valence-electron chi connectivity index (χ0n) is 12.2. The molecule has 6 heteroatoms. The number of benzene rings is 1. The highest BCUT2D eigenvalue weighted by Gasteiger charge is 2.20. The van der Waals surface area contributed by atoms with E-state index in [0.717, 1.165) is 18.4 Å². The Morgan fingerprint density at radius 3 is 2.77 bits per heavy atom. The van der Waals surface area contributed by atoms with Gasteiger partial charge in [0, 0.05) is 6.07 Å². The molecule has 0 saturated carbocycles. The predicted molar refractivity (Wildman–Crippen MR) is 84.8 cm³/mol. The summed E-state index contributed by atoms with van der Waals surface area (Å²) in [6.45, 7) is 0. The Morgan fingerprint density at radius 1 is 1.36 bits per heavy atom. The monoisotopic (exact) mass is 319 g/mol. The van der Waals surface area contributed by atoms with Gasteiger partial charge in [-0.1, -0.05) is 11.2 Å². The fourth-order valence-electron chi connectivity index (χ4n) is 2.71. The molecule has 2 aromatic rings. The predicted octanol–water partition coefficient (Wildman–Crippen LogP) is 3.66. The summed E-state index contributed by atoms with van der Waals surface area (Å²) >= 11 is 1.99. The van der Waals surface area contributed by atoms with E-state index in [1.165, 1.54) is 23.1 Å². The minimum Gasteiger partial charge on any atom is -0.496 e. The van der Waals surface area contributed by atoms with Crippen LogP contribution in [0.2, 0.25) is 0 Å². The van der Waals surface area contributed by atoms with E-state index in [2.05, 4.69) is 11.2 Å². The summed E-state index contributed by atoms with van der Waals surface area (Å²) in [5, 5.41) is 12.6. The summed E-state index contributed by atoms with van der Waals surface area (Å²) in [4.78, 5) is 11.0. The van der Waals surface area contributed by atoms with E-state index in [1.807, 2.05) is 23.9 Å². The van der Waals surface area contributed by atoms with Crippen LogP contribution in [-0.2, 0) is 0 Å². The minimum atomic E-state index is -1.10. The highest BCUT2D eigenvalue weighted by Crippen LogP contribution is 2.37. The lowest BCUT2D eigenvalue weighted by Crippen LogP contribution is -2.08. The van der Waals surface area contributed by atoms with Crippen LogP contribution in [0.15, 0.2) is 28.8 Å². The fourth-order valence-corrected chi connectivity index (χ4v) is 3.81. The van der Waals surface area contributed by atoms with E-state index < -0.39 is 5.97 Å². The number of carbonyl (C=O) groups is 1. The number of carboxylic acid groups (broad SMARTS) is 1. The second-order valence-corrected chi connectivity index (χ2v) is 6.45. The maximum atomic E-state index is 11.0. The van der Waals surface area contributed by atoms with Crippen LogP contribution in [0.25, 0.3) is 11.3 Å². The molecule has 2 heterocycles. The molecule has 0 bridgehead atoms. The van der Waals surface area contributed by atoms with E-state index in [-0.39, 0.29) is 5.69 Å². The van der Waals surface area contributed by atoms with Gasteiger partial charge in [-0.05, 0) is 48.0 Å². The van der Waals surface area contributed by atoms with Gasteiger partial charge >= 0.3 is 5.97 Å². The largest absolute Gasteiger partial charge is 0.496 e. The second kappa shape index (κ2) is 6.44. The van der Waals surface area contributed by atoms with Crippen molar-refractivity contribution in [3.8, 4) is 17.1 Å². The van der Waals surface area contributed by atoms with Crippen molar-refractivity contribution in [2.75, 3.05) is 18.6 Å². The molecule has 0 spiro atoms. The van der Waals surface area contributed by atoms with Crippen LogP contribution in [-0.4, -0.2) is 34.8 Å². The zero-order chi connectivity index (χ0) is 15.5. The number of methoxy groups -OCH3 is 1. The van der Waals surface area contributed by atoms with Crippen LogP contribution in [0.3, 0.4) is 0 Å². The molecule has 1 fully saturated rings. The molecule has 5 nitrogen and oxygen atoms in total. The van der Waals surface area contributed by atoms with Gasteiger partial charge in [0.1, 0.15) is 5.75 Å². The third kappa shape index (κ3) is 2.97. The molecule has 3 rings (SSSR count). The van der Waals surface area contributed by atoms with Gasteiger partial charge in [0.15, 0.2) is 11.5 Å². The molecule has 0 aliphatic carbocycles. The molecule has 0 amide bonds. The maximum Gasteiger partial charge on any atom is 0.358 e. The highest BCUT2D eigenvalue weighted by molar-refractivity contribution is 7.99. The Balaban J connectivity index is 1.98. The van der Waals surface area contributed by atoms with Gasteiger partial charge in [0.25, 0.3) is 0 Å². The van der Waals surface area contributed by atoms with Crippen molar-refractivity contribution >= 4 is 17.7 Å². The highest BCUT2D eigenvalue weighted by atomic mass is 32.2. The van der Waals surface area contributed by atoms with E-state index in [9.17, 15) is 4.79 Å². The number of hydrogen-bond donors (Lipinski definition) is 1. The third-order valence-corrected chi connectivity index (χ3v) is 4.96. The zero-order valence-corrected chi connectivity index (χ0v) is 13.1. The van der Waals surface area contributed by atoms with Gasteiger partial charge in [-0.2, -0.15) is 11.8 Å². The van der Waals surface area contributed by atoms with Crippen LogP contribution in [0, 0.1) is 0 Å². The molecule has 1 N–H and O–H groups in total. The molecular weight excluding hydrogens is 302 g/mol. The maximum absolute atomic E-state index is 11.0. The molecule has 0 unspecified atom stereocenters. The smallest absolute Gasteiger partial charge is 0.358 e. The van der Waals surface area contributed by atoms with Crippen molar-refractivity contribution in [3.63, 3.8) is 0 Å². The lowest BCUT2D eigenvalue weighted by molar-refractivity contribution is 0.0686. The molecule has 1 aliphatic heterocycles. The summed E-state index contributed by atoms with van der Waals surface area (Å²) in [5.74, 6) is 2.86. The quantitative estimate of drug-likeness (QED) is 0.927. The number of rotatable bonds is 4. The average Bonchev–Trinajstić information content (AvgIpc) is 3.05. The molecule has 116 valence electrons. The standard InChI is InChI=1S/C16H17NO4S/c1-20-14-3-2-11(10-4-6-22-7-5-10)8-12(14)15-9-13(16(18)19)17-21-15/h2-3,8-10H,4-7H2,1H3,(H,18,19). The first kappa shape index (κ1) is 15.0. The molecule has 1 aliphatic rings. The summed E-state index contributed by atoms with van der Waals surface area (Å²) < 4.78 is 10.6. The van der Waals surface area contributed by atoms with E-state index in [1.54, 1.807) is 7.11 Å². The van der Waals surface area contributed by atoms with Crippen molar-refractivity contribution in [2.24, 2.45) is 0 Å². The minimum absolute atomic E-state index is 0.100. The summed E-state index contributed by atoms with van der Waals surface area (Å²) in [6.07, 6.45) is 2.32. The van der Waals surface area contributed by atoms with E-state index in [4.69, 9.17) is 14.4 Å². The number of ether oxygens (including phenoxy) is 1. The van der Waals surface area contributed by atoms with Crippen LogP contribution >= 0.6 is 11.8 Å². The first-order valence-corrected chi connectivity index (χ1v) is 8.30. The lowest BCUT2D eigenvalue weighted by atomic mass is 9.91.